The monoisotopic (exact) mass is 559 g/mol. The van der Waals surface area contributed by atoms with Crippen molar-refractivity contribution in [3.05, 3.63) is 88.3 Å². The first-order valence-electron chi connectivity index (χ1n) is 10.5. The number of sulfonamides is 1. The van der Waals surface area contributed by atoms with E-state index in [4.69, 9.17) is 16.3 Å². The summed E-state index contributed by atoms with van der Waals surface area (Å²) in [7, 11) is -2.60. The summed E-state index contributed by atoms with van der Waals surface area (Å²) in [5.74, 6) is -1.45. The minimum absolute atomic E-state index is 0.0580. The van der Waals surface area contributed by atoms with E-state index >= 15 is 0 Å². The largest absolute Gasteiger partial charge is 0.453 e. The molecule has 0 amide bonds. The summed E-state index contributed by atoms with van der Waals surface area (Å²) < 4.78 is 64.3. The van der Waals surface area contributed by atoms with Crippen LogP contribution in [0.25, 0.3) is 22.6 Å². The Balaban J connectivity index is 1.54. The lowest BCUT2D eigenvalue weighted by Crippen LogP contribution is -2.15. The average molecular weight is 560 g/mol. The molecule has 0 bridgehead atoms. The van der Waals surface area contributed by atoms with Gasteiger partial charge in [0.1, 0.15) is 28.0 Å². The molecule has 0 radical (unpaired) electrons. The molecule has 188 valence electrons. The molecular weight excluding hydrogens is 544 g/mol. The fourth-order valence-corrected chi connectivity index (χ4v) is 5.42. The third-order valence-electron chi connectivity index (χ3n) is 5.24. The normalized spacial score (nSPS) is 11.5. The number of pyridine rings is 1. The summed E-state index contributed by atoms with van der Waals surface area (Å²) in [6.07, 6.45) is 1.55. The van der Waals surface area contributed by atoms with Gasteiger partial charge in [-0.2, -0.15) is 5.10 Å². The van der Waals surface area contributed by atoms with E-state index in [1.165, 1.54) is 28.3 Å². The highest BCUT2D eigenvalue weighted by molar-refractivity contribution is 7.92. The van der Waals surface area contributed by atoms with Gasteiger partial charge in [-0.15, -0.1) is 11.3 Å². The third-order valence-corrected chi connectivity index (χ3v) is 7.49. The molecular formula is C24H16ClF2N5O3S2. The molecule has 0 unspecified atom stereocenters. The smallest absolute Gasteiger partial charge is 0.266 e. The SMILES string of the molecule is Cn1nccc1-c1nc(-c2ccccc2F)ccc1Oc1cc(F)c(S(=O)(=O)Nc2cscn2)cc1Cl. The first kappa shape index (κ1) is 24.8. The van der Waals surface area contributed by atoms with E-state index in [1.54, 1.807) is 54.3 Å². The molecule has 0 spiro atoms. The van der Waals surface area contributed by atoms with Crippen LogP contribution in [0.1, 0.15) is 0 Å². The molecule has 5 rings (SSSR count). The van der Waals surface area contributed by atoms with Crippen molar-refractivity contribution in [1.82, 2.24) is 19.7 Å². The molecule has 0 saturated heterocycles. The van der Waals surface area contributed by atoms with Crippen LogP contribution in [-0.4, -0.2) is 28.2 Å². The second-order valence-corrected chi connectivity index (χ2v) is 10.4. The van der Waals surface area contributed by atoms with E-state index in [9.17, 15) is 17.2 Å². The van der Waals surface area contributed by atoms with Gasteiger partial charge >= 0.3 is 0 Å². The number of benzene rings is 2. The summed E-state index contributed by atoms with van der Waals surface area (Å²) in [5.41, 5.74) is 2.89. The molecule has 13 heteroatoms. The number of ether oxygens (including phenoxy) is 1. The van der Waals surface area contributed by atoms with Crippen LogP contribution in [0.15, 0.2) is 76.6 Å². The fourth-order valence-electron chi connectivity index (χ4n) is 3.51. The second kappa shape index (κ2) is 9.88. The standard InChI is InChI=1S/C24H16ClF2N5O3S2/c1-32-19(8-9-29-32)24-20(7-6-18(30-24)14-4-2-3-5-16(14)26)35-21-11-17(27)22(10-15(21)25)37(33,34)31-23-12-36-13-28-23/h2-13,31H,1H3. The molecule has 3 aromatic heterocycles. The van der Waals surface area contributed by atoms with Gasteiger partial charge in [-0.1, -0.05) is 23.7 Å². The lowest BCUT2D eigenvalue weighted by molar-refractivity contribution is 0.473. The first-order valence-corrected chi connectivity index (χ1v) is 13.4. The molecule has 0 fully saturated rings. The summed E-state index contributed by atoms with van der Waals surface area (Å²) in [6.45, 7) is 0. The number of rotatable bonds is 7. The van der Waals surface area contributed by atoms with Gasteiger partial charge in [-0.25, -0.2) is 27.2 Å². The molecule has 0 aliphatic heterocycles. The lowest BCUT2D eigenvalue weighted by atomic mass is 10.1. The topological polar surface area (TPSA) is 99.0 Å². The zero-order valence-electron chi connectivity index (χ0n) is 18.9. The minimum atomic E-state index is -4.30. The summed E-state index contributed by atoms with van der Waals surface area (Å²) in [5, 5.41) is 5.45. The Morgan fingerprint density at radius 3 is 2.57 bits per heavy atom. The zero-order valence-corrected chi connectivity index (χ0v) is 21.3. The van der Waals surface area contributed by atoms with Crippen molar-refractivity contribution in [1.29, 1.82) is 0 Å². The van der Waals surface area contributed by atoms with Gasteiger partial charge in [0.2, 0.25) is 0 Å². The summed E-state index contributed by atoms with van der Waals surface area (Å²) in [6, 6.07) is 12.8. The molecule has 8 nitrogen and oxygen atoms in total. The average Bonchev–Trinajstić information content (AvgIpc) is 3.53. The Bertz CT molecular complexity index is 1710. The molecule has 3 heterocycles. The molecule has 1 N–H and O–H groups in total. The van der Waals surface area contributed by atoms with Crippen molar-refractivity contribution >= 4 is 38.8 Å². The van der Waals surface area contributed by atoms with Crippen molar-refractivity contribution in [2.45, 2.75) is 4.90 Å². The van der Waals surface area contributed by atoms with Crippen LogP contribution in [0, 0.1) is 11.6 Å². The van der Waals surface area contributed by atoms with E-state index in [2.05, 4.69) is 19.8 Å². The van der Waals surface area contributed by atoms with Gasteiger partial charge < -0.3 is 4.74 Å². The number of halogens is 3. The van der Waals surface area contributed by atoms with Gasteiger partial charge in [0.05, 0.1) is 21.9 Å². The van der Waals surface area contributed by atoms with E-state index in [0.29, 0.717) is 17.1 Å². The molecule has 0 saturated carbocycles. The highest BCUT2D eigenvalue weighted by Crippen LogP contribution is 2.38. The maximum Gasteiger partial charge on any atom is 0.266 e. The van der Waals surface area contributed by atoms with Crippen LogP contribution in [0.3, 0.4) is 0 Å². The number of aryl methyl sites for hydroxylation is 1. The van der Waals surface area contributed by atoms with Crippen LogP contribution in [0.4, 0.5) is 14.6 Å². The molecule has 2 aromatic carbocycles. The number of hydrogen-bond donors (Lipinski definition) is 1. The minimum Gasteiger partial charge on any atom is -0.453 e. The number of hydrogen-bond acceptors (Lipinski definition) is 7. The Hall–Kier alpha value is -3.87. The number of nitrogens with zero attached hydrogens (tertiary/aromatic N) is 4. The van der Waals surface area contributed by atoms with Crippen LogP contribution in [-0.2, 0) is 17.1 Å². The number of aromatic nitrogens is 4. The maximum atomic E-state index is 15.0. The lowest BCUT2D eigenvalue weighted by Gasteiger charge is -2.15. The summed E-state index contributed by atoms with van der Waals surface area (Å²) in [4.78, 5) is 7.75. The van der Waals surface area contributed by atoms with Crippen LogP contribution in [0.5, 0.6) is 11.5 Å². The molecule has 0 aliphatic carbocycles. The van der Waals surface area contributed by atoms with Crippen molar-refractivity contribution in [3.8, 4) is 34.1 Å². The zero-order chi connectivity index (χ0) is 26.2. The number of nitrogens with one attached hydrogen (secondary N) is 1. The van der Waals surface area contributed by atoms with E-state index in [0.717, 1.165) is 12.1 Å². The van der Waals surface area contributed by atoms with E-state index in [-0.39, 0.29) is 27.9 Å². The maximum absolute atomic E-state index is 15.0. The van der Waals surface area contributed by atoms with Crippen molar-refractivity contribution in [3.63, 3.8) is 0 Å². The third kappa shape index (κ3) is 5.03. The highest BCUT2D eigenvalue weighted by atomic mass is 35.5. The Labute approximate surface area is 219 Å². The Kier molecular flexibility index (Phi) is 6.63. The van der Waals surface area contributed by atoms with Gasteiger partial charge in [-0.3, -0.25) is 9.40 Å². The van der Waals surface area contributed by atoms with Crippen LogP contribution < -0.4 is 9.46 Å². The Morgan fingerprint density at radius 2 is 1.86 bits per heavy atom. The molecule has 0 atom stereocenters. The van der Waals surface area contributed by atoms with Crippen LogP contribution >= 0.6 is 22.9 Å². The summed E-state index contributed by atoms with van der Waals surface area (Å²) >= 11 is 7.49. The van der Waals surface area contributed by atoms with Gasteiger partial charge in [0, 0.05) is 30.3 Å². The first-order chi connectivity index (χ1) is 17.7. The molecule has 5 aromatic rings. The van der Waals surface area contributed by atoms with Crippen molar-refractivity contribution < 1.29 is 21.9 Å². The van der Waals surface area contributed by atoms with E-state index in [1.807, 2.05) is 0 Å². The Morgan fingerprint density at radius 1 is 1.05 bits per heavy atom. The fraction of sp³-hybridized carbons (Fsp3) is 0.0417. The number of thiazole rings is 1. The number of anilines is 1. The van der Waals surface area contributed by atoms with E-state index < -0.39 is 26.6 Å². The quantitative estimate of drug-likeness (QED) is 0.257. The predicted octanol–water partition coefficient (Wildman–Crippen LogP) is 6.13. The van der Waals surface area contributed by atoms with Crippen molar-refractivity contribution in [2.75, 3.05) is 4.72 Å². The van der Waals surface area contributed by atoms with Gasteiger partial charge in [0.25, 0.3) is 10.0 Å². The predicted molar refractivity (Wildman–Crippen MR) is 136 cm³/mol. The van der Waals surface area contributed by atoms with Crippen molar-refractivity contribution in [2.24, 2.45) is 7.05 Å². The highest BCUT2D eigenvalue weighted by Gasteiger charge is 2.24. The molecule has 0 aliphatic rings. The molecule has 37 heavy (non-hydrogen) atoms. The second-order valence-electron chi connectivity index (χ2n) is 7.66. The van der Waals surface area contributed by atoms with Crippen LogP contribution in [0.2, 0.25) is 5.02 Å². The van der Waals surface area contributed by atoms with Gasteiger partial charge in [0.15, 0.2) is 11.6 Å². The van der Waals surface area contributed by atoms with Gasteiger partial charge in [-0.05, 0) is 36.4 Å².